The van der Waals surface area contributed by atoms with Gasteiger partial charge in [0.25, 0.3) is 0 Å². The van der Waals surface area contributed by atoms with Gasteiger partial charge in [-0.15, -0.1) is 11.3 Å². The quantitative estimate of drug-likeness (QED) is 0.795. The van der Waals surface area contributed by atoms with Crippen LogP contribution in [0.5, 0.6) is 5.88 Å². The van der Waals surface area contributed by atoms with Gasteiger partial charge in [-0.2, -0.15) is 0 Å². The molecule has 0 unspecified atom stereocenters. The Kier molecular flexibility index (Phi) is 5.34. The van der Waals surface area contributed by atoms with Crippen LogP contribution in [-0.4, -0.2) is 36.1 Å². The first-order valence-corrected chi connectivity index (χ1v) is 9.00. The van der Waals surface area contributed by atoms with Crippen molar-refractivity contribution in [3.05, 3.63) is 34.2 Å². The molecule has 3 nitrogen and oxygen atoms in total. The molecule has 118 valence electrons. The molecule has 0 aliphatic carbocycles. The van der Waals surface area contributed by atoms with Crippen molar-refractivity contribution in [1.82, 2.24) is 9.88 Å². The highest BCUT2D eigenvalue weighted by Crippen LogP contribution is 2.32. The lowest BCUT2D eigenvalue weighted by atomic mass is 10.1. The van der Waals surface area contributed by atoms with E-state index in [1.54, 1.807) is 11.3 Å². The van der Waals surface area contributed by atoms with Crippen molar-refractivity contribution in [3.8, 4) is 16.5 Å². The summed E-state index contributed by atoms with van der Waals surface area (Å²) in [4.78, 5) is 8.22. The molecule has 0 N–H and O–H groups in total. The second-order valence-corrected chi connectivity index (χ2v) is 7.28. The zero-order valence-corrected chi connectivity index (χ0v) is 14.4. The summed E-state index contributed by atoms with van der Waals surface area (Å²) < 4.78 is 5.90. The van der Waals surface area contributed by atoms with Gasteiger partial charge in [0.1, 0.15) is 11.6 Å². The standard InChI is InChI=1S/C17H21ClN2OS/c1-13-16(21-11-10-20-8-3-2-4-9-20)19-17(22-13)14-6-5-7-15(18)12-14/h5-7,12H,2-4,8-11H2,1H3. The van der Waals surface area contributed by atoms with Crippen LogP contribution < -0.4 is 4.74 Å². The zero-order chi connectivity index (χ0) is 15.4. The average Bonchev–Trinajstić information content (AvgIpc) is 2.90. The molecule has 0 spiro atoms. The molecule has 1 aromatic carbocycles. The monoisotopic (exact) mass is 336 g/mol. The minimum absolute atomic E-state index is 0.708. The molecule has 1 aliphatic heterocycles. The molecule has 5 heteroatoms. The highest BCUT2D eigenvalue weighted by atomic mass is 35.5. The molecule has 22 heavy (non-hydrogen) atoms. The normalized spacial score (nSPS) is 15.9. The van der Waals surface area contributed by atoms with Gasteiger partial charge in [-0.25, -0.2) is 4.98 Å². The van der Waals surface area contributed by atoms with E-state index in [1.165, 1.54) is 32.4 Å². The van der Waals surface area contributed by atoms with Gasteiger partial charge in [-0.05, 0) is 45.0 Å². The Morgan fingerprint density at radius 1 is 1.27 bits per heavy atom. The number of aromatic nitrogens is 1. The minimum atomic E-state index is 0.708. The summed E-state index contributed by atoms with van der Waals surface area (Å²) >= 11 is 7.70. The van der Waals surface area contributed by atoms with Gasteiger partial charge < -0.3 is 4.74 Å². The maximum atomic E-state index is 6.05. The topological polar surface area (TPSA) is 25.4 Å². The molecular formula is C17H21ClN2OS. The maximum absolute atomic E-state index is 6.05. The van der Waals surface area contributed by atoms with E-state index in [0.717, 1.165) is 32.9 Å². The summed E-state index contributed by atoms with van der Waals surface area (Å²) in [5.74, 6) is 0.761. The van der Waals surface area contributed by atoms with Crippen molar-refractivity contribution in [2.24, 2.45) is 0 Å². The highest BCUT2D eigenvalue weighted by molar-refractivity contribution is 7.15. The first kappa shape index (κ1) is 15.8. The van der Waals surface area contributed by atoms with Crippen LogP contribution in [-0.2, 0) is 0 Å². The molecule has 0 amide bonds. The third-order valence-corrected chi connectivity index (χ3v) is 5.16. The second-order valence-electron chi connectivity index (χ2n) is 5.64. The van der Waals surface area contributed by atoms with E-state index in [2.05, 4.69) is 16.8 Å². The molecule has 3 rings (SSSR count). The van der Waals surface area contributed by atoms with Crippen molar-refractivity contribution in [3.63, 3.8) is 0 Å². The van der Waals surface area contributed by atoms with E-state index >= 15 is 0 Å². The van der Waals surface area contributed by atoms with E-state index in [-0.39, 0.29) is 0 Å². The van der Waals surface area contributed by atoms with Crippen molar-refractivity contribution < 1.29 is 4.74 Å². The third kappa shape index (κ3) is 4.00. The number of rotatable bonds is 5. The van der Waals surface area contributed by atoms with Crippen LogP contribution in [0.4, 0.5) is 0 Å². The Hall–Kier alpha value is -1.10. The Morgan fingerprint density at radius 3 is 2.86 bits per heavy atom. The summed E-state index contributed by atoms with van der Waals surface area (Å²) in [6, 6.07) is 7.80. The van der Waals surface area contributed by atoms with Gasteiger partial charge in [0, 0.05) is 17.1 Å². The van der Waals surface area contributed by atoms with E-state index in [1.807, 2.05) is 24.3 Å². The highest BCUT2D eigenvalue weighted by Gasteiger charge is 2.13. The van der Waals surface area contributed by atoms with Crippen molar-refractivity contribution in [1.29, 1.82) is 0 Å². The number of piperidine rings is 1. The number of aryl methyl sites for hydroxylation is 1. The van der Waals surface area contributed by atoms with Crippen LogP contribution in [0.2, 0.25) is 5.02 Å². The van der Waals surface area contributed by atoms with Crippen molar-refractivity contribution >= 4 is 22.9 Å². The first-order valence-electron chi connectivity index (χ1n) is 7.81. The number of ether oxygens (including phenoxy) is 1. The number of thiazole rings is 1. The van der Waals surface area contributed by atoms with Crippen molar-refractivity contribution in [2.75, 3.05) is 26.2 Å². The molecule has 0 bridgehead atoms. The molecule has 0 saturated carbocycles. The smallest absolute Gasteiger partial charge is 0.228 e. The van der Waals surface area contributed by atoms with Crippen molar-refractivity contribution in [2.45, 2.75) is 26.2 Å². The van der Waals surface area contributed by atoms with Crippen LogP contribution in [0.1, 0.15) is 24.1 Å². The fraction of sp³-hybridized carbons (Fsp3) is 0.471. The lowest BCUT2D eigenvalue weighted by Gasteiger charge is -2.25. The maximum Gasteiger partial charge on any atom is 0.228 e. The average molecular weight is 337 g/mol. The fourth-order valence-electron chi connectivity index (χ4n) is 2.72. The van der Waals surface area contributed by atoms with Crippen LogP contribution in [0, 0.1) is 6.92 Å². The van der Waals surface area contributed by atoms with Gasteiger partial charge in [0.05, 0.1) is 4.88 Å². The van der Waals surface area contributed by atoms with Crippen LogP contribution in [0.25, 0.3) is 10.6 Å². The molecule has 0 radical (unpaired) electrons. The Labute approximate surface area is 140 Å². The Balaban J connectivity index is 1.60. The Morgan fingerprint density at radius 2 is 2.09 bits per heavy atom. The Bertz CT molecular complexity index is 623. The third-order valence-electron chi connectivity index (χ3n) is 3.92. The van der Waals surface area contributed by atoms with Crippen LogP contribution >= 0.6 is 22.9 Å². The summed E-state index contributed by atoms with van der Waals surface area (Å²) in [5.41, 5.74) is 1.05. The summed E-state index contributed by atoms with van der Waals surface area (Å²) in [5, 5.41) is 1.70. The largest absolute Gasteiger partial charge is 0.476 e. The van der Waals surface area contributed by atoms with Gasteiger partial charge >= 0.3 is 0 Å². The van der Waals surface area contributed by atoms with Gasteiger partial charge in [0.2, 0.25) is 5.88 Å². The molecule has 0 atom stereocenters. The number of nitrogens with zero attached hydrogens (tertiary/aromatic N) is 2. The van der Waals surface area contributed by atoms with E-state index in [9.17, 15) is 0 Å². The predicted molar refractivity (Wildman–Crippen MR) is 93.1 cm³/mol. The lowest BCUT2D eigenvalue weighted by molar-refractivity contribution is 0.180. The van der Waals surface area contributed by atoms with Gasteiger partial charge in [0.15, 0.2) is 0 Å². The minimum Gasteiger partial charge on any atom is -0.476 e. The summed E-state index contributed by atoms with van der Waals surface area (Å²) in [6.07, 6.45) is 3.99. The zero-order valence-electron chi connectivity index (χ0n) is 12.8. The van der Waals surface area contributed by atoms with Crippen LogP contribution in [0.3, 0.4) is 0 Å². The lowest BCUT2D eigenvalue weighted by Crippen LogP contribution is -2.33. The number of halogens is 1. The molecule has 1 saturated heterocycles. The number of likely N-dealkylation sites (tertiary alicyclic amines) is 1. The number of benzene rings is 1. The molecule has 2 heterocycles. The summed E-state index contributed by atoms with van der Waals surface area (Å²) in [6.45, 7) is 6.16. The van der Waals surface area contributed by atoms with E-state index in [0.29, 0.717) is 6.61 Å². The molecule has 1 fully saturated rings. The molecule has 1 aliphatic rings. The van der Waals surface area contributed by atoms with E-state index in [4.69, 9.17) is 16.3 Å². The van der Waals surface area contributed by atoms with Gasteiger partial charge in [-0.3, -0.25) is 4.90 Å². The fourth-order valence-corrected chi connectivity index (χ4v) is 3.76. The second kappa shape index (κ2) is 7.44. The molecule has 2 aromatic rings. The van der Waals surface area contributed by atoms with Crippen LogP contribution in [0.15, 0.2) is 24.3 Å². The summed E-state index contributed by atoms with van der Waals surface area (Å²) in [7, 11) is 0. The molecule has 1 aromatic heterocycles. The predicted octanol–water partition coefficient (Wildman–Crippen LogP) is 4.64. The molecular weight excluding hydrogens is 316 g/mol. The van der Waals surface area contributed by atoms with E-state index < -0.39 is 0 Å². The van der Waals surface area contributed by atoms with Gasteiger partial charge in [-0.1, -0.05) is 30.2 Å². The first-order chi connectivity index (χ1) is 10.7. The SMILES string of the molecule is Cc1sc(-c2cccc(Cl)c2)nc1OCCN1CCCCC1. The number of hydrogen-bond acceptors (Lipinski definition) is 4. The number of hydrogen-bond donors (Lipinski definition) is 0.